The summed E-state index contributed by atoms with van der Waals surface area (Å²) in [7, 11) is 0. The molecule has 0 spiro atoms. The third-order valence-electron chi connectivity index (χ3n) is 11.6. The van der Waals surface area contributed by atoms with Crippen LogP contribution >= 0.6 is 11.3 Å². The maximum Gasteiger partial charge on any atom is 0.251 e. The van der Waals surface area contributed by atoms with Gasteiger partial charge in [0.05, 0.1) is 87.8 Å². The molecule has 0 bridgehead atoms. The predicted molar refractivity (Wildman–Crippen MR) is 264 cm³/mol. The monoisotopic (exact) mass is 994 g/mol. The smallest absolute Gasteiger partial charge is 0.251 e. The second-order valence-electron chi connectivity index (χ2n) is 17.9. The molecule has 1 saturated heterocycles. The van der Waals surface area contributed by atoms with Crippen molar-refractivity contribution >= 4 is 46.6 Å². The van der Waals surface area contributed by atoms with Crippen LogP contribution in [0.15, 0.2) is 89.4 Å². The van der Waals surface area contributed by atoms with Gasteiger partial charge in [-0.2, -0.15) is 0 Å². The van der Waals surface area contributed by atoms with E-state index in [0.717, 1.165) is 38.6 Å². The van der Waals surface area contributed by atoms with Crippen molar-refractivity contribution in [1.29, 1.82) is 0 Å². The van der Waals surface area contributed by atoms with Crippen molar-refractivity contribution in [2.75, 3.05) is 71.3 Å². The van der Waals surface area contributed by atoms with Crippen LogP contribution in [0.1, 0.15) is 61.0 Å². The maximum absolute atomic E-state index is 13.9. The number of hydrogen-bond donors (Lipinski definition) is 5. The summed E-state index contributed by atoms with van der Waals surface area (Å²) in [5, 5.41) is 30.7. The second-order valence-corrected chi connectivity index (χ2v) is 18.8. The first-order chi connectivity index (χ1) is 34.4. The van der Waals surface area contributed by atoms with Crippen LogP contribution in [0.25, 0.3) is 27.2 Å². The molecule has 378 valence electrons. The number of nitrogens with zero attached hydrogens (tertiary/aromatic N) is 6. The normalized spacial score (nSPS) is 15.2. The third kappa shape index (κ3) is 14.7. The van der Waals surface area contributed by atoms with Gasteiger partial charge in [0.25, 0.3) is 5.91 Å². The minimum absolute atomic E-state index is 0.0107. The van der Waals surface area contributed by atoms with Crippen LogP contribution in [0.2, 0.25) is 0 Å². The second kappa shape index (κ2) is 25.5. The summed E-state index contributed by atoms with van der Waals surface area (Å²) in [5.74, 6) is -0.0474. The van der Waals surface area contributed by atoms with Gasteiger partial charge in [-0.1, -0.05) is 57.2 Å². The van der Waals surface area contributed by atoms with Crippen molar-refractivity contribution in [3.63, 3.8) is 0 Å². The van der Waals surface area contributed by atoms with E-state index in [1.165, 1.54) is 4.90 Å². The predicted octanol–water partition coefficient (Wildman–Crippen LogP) is 4.42. The van der Waals surface area contributed by atoms with Crippen LogP contribution in [0.4, 0.5) is 5.95 Å². The standard InChI is InChI=1S/C50H62N10O10S/c1-33-43(71-32-55-33)36-9-7-34(8-10-36)27-52-47(64)41-26-38(61)30-59(41)48(65)44(50(2,3)4)57-42(62)15-18-66-20-22-68-24-25-69-23-21-67-19-16-51-46(63)37-13-11-35(12-14-37)40-29-54-49(60-31-56-58-45(40)60)53-28-39-6-5-17-70-39/h5-14,17,29,31-32,38,41,44,61H,15-16,18-28,30H2,1-4H3,(H,51,63)(H,52,64)(H,53,54)(H,57,62)/t38-,41+,44-/m1/s1. The Balaban J connectivity index is 0.708. The van der Waals surface area contributed by atoms with Gasteiger partial charge in [0, 0.05) is 49.8 Å². The zero-order chi connectivity index (χ0) is 50.2. The van der Waals surface area contributed by atoms with E-state index in [1.807, 2.05) is 81.7 Å². The number of furan rings is 1. The molecule has 1 aliphatic heterocycles. The number of anilines is 1. The van der Waals surface area contributed by atoms with E-state index >= 15 is 0 Å². The lowest BCUT2D eigenvalue weighted by Gasteiger charge is -2.35. The van der Waals surface area contributed by atoms with Crippen molar-refractivity contribution in [2.45, 2.75) is 71.8 Å². The molecular weight excluding hydrogens is 933 g/mol. The summed E-state index contributed by atoms with van der Waals surface area (Å²) in [4.78, 5) is 64.4. The summed E-state index contributed by atoms with van der Waals surface area (Å²) in [5.41, 5.74) is 6.76. The molecule has 1 fully saturated rings. The minimum atomic E-state index is -0.936. The zero-order valence-corrected chi connectivity index (χ0v) is 41.2. The van der Waals surface area contributed by atoms with Crippen molar-refractivity contribution in [3.8, 4) is 21.6 Å². The molecule has 20 nitrogen and oxygen atoms in total. The number of fused-ring (bicyclic) bond motifs is 1. The Kier molecular flexibility index (Phi) is 18.7. The number of rotatable bonds is 26. The number of carbonyl (C=O) groups is 4. The van der Waals surface area contributed by atoms with Crippen LogP contribution in [0.3, 0.4) is 0 Å². The quantitative estimate of drug-likeness (QED) is 0.0472. The van der Waals surface area contributed by atoms with E-state index < -0.39 is 29.5 Å². The number of benzene rings is 2. The Hall–Kier alpha value is -6.62. The van der Waals surface area contributed by atoms with Crippen LogP contribution in [0, 0.1) is 12.3 Å². The fourth-order valence-electron chi connectivity index (χ4n) is 7.81. The summed E-state index contributed by atoms with van der Waals surface area (Å²) in [6.45, 7) is 10.9. The number of aromatic nitrogens is 5. The molecule has 0 aliphatic carbocycles. The third-order valence-corrected chi connectivity index (χ3v) is 12.6. The van der Waals surface area contributed by atoms with Crippen molar-refractivity contribution in [2.24, 2.45) is 5.41 Å². The van der Waals surface area contributed by atoms with Crippen molar-refractivity contribution in [1.82, 2.24) is 45.4 Å². The maximum atomic E-state index is 13.9. The van der Waals surface area contributed by atoms with E-state index in [1.54, 1.807) is 46.7 Å². The Morgan fingerprint density at radius 3 is 2.21 bits per heavy atom. The summed E-state index contributed by atoms with van der Waals surface area (Å²) >= 11 is 1.57. The summed E-state index contributed by atoms with van der Waals surface area (Å²) in [6, 6.07) is 16.9. The molecule has 4 amide bonds. The largest absolute Gasteiger partial charge is 0.467 e. The first-order valence-electron chi connectivity index (χ1n) is 23.6. The number of ether oxygens (including phenoxy) is 4. The molecule has 0 saturated carbocycles. The van der Waals surface area contributed by atoms with Crippen LogP contribution in [-0.2, 0) is 46.4 Å². The van der Waals surface area contributed by atoms with E-state index in [9.17, 15) is 24.3 Å². The highest BCUT2D eigenvalue weighted by molar-refractivity contribution is 7.13. The molecular formula is C50H62N10O10S. The zero-order valence-electron chi connectivity index (χ0n) is 40.4. The number of β-amino-alcohol motifs (C(OH)–C–C–N with tert-alkyl or cyclic N) is 1. The molecule has 71 heavy (non-hydrogen) atoms. The molecule has 21 heteroatoms. The molecule has 0 unspecified atom stereocenters. The minimum Gasteiger partial charge on any atom is -0.467 e. The molecule has 0 radical (unpaired) electrons. The number of thiazole rings is 1. The molecule has 4 aromatic heterocycles. The van der Waals surface area contributed by atoms with E-state index in [4.69, 9.17) is 23.4 Å². The van der Waals surface area contributed by atoms with Crippen LogP contribution in [-0.4, -0.2) is 142 Å². The van der Waals surface area contributed by atoms with Crippen molar-refractivity contribution in [3.05, 3.63) is 108 Å². The topological polar surface area (TPSA) is 246 Å². The number of aliphatic hydroxyl groups excluding tert-OH is 1. The number of aliphatic hydroxyl groups is 1. The number of likely N-dealkylation sites (tertiary alicyclic amines) is 1. The Bertz CT molecular complexity index is 2650. The number of amides is 4. The molecule has 1 aliphatic rings. The molecule has 5 heterocycles. The highest BCUT2D eigenvalue weighted by atomic mass is 32.1. The van der Waals surface area contributed by atoms with Gasteiger partial charge in [0.1, 0.15) is 24.2 Å². The van der Waals surface area contributed by atoms with Gasteiger partial charge in [-0.25, -0.2) is 9.97 Å². The van der Waals surface area contributed by atoms with Gasteiger partial charge in [0.2, 0.25) is 23.7 Å². The van der Waals surface area contributed by atoms with Gasteiger partial charge >= 0.3 is 0 Å². The molecule has 3 atom stereocenters. The van der Waals surface area contributed by atoms with Crippen molar-refractivity contribution < 1.29 is 47.6 Å². The van der Waals surface area contributed by atoms with Gasteiger partial charge in [-0.15, -0.1) is 21.5 Å². The number of nitrogens with one attached hydrogen (secondary N) is 4. The molecule has 7 rings (SSSR count). The van der Waals surface area contributed by atoms with E-state index in [-0.39, 0.29) is 56.9 Å². The number of carbonyl (C=O) groups excluding carboxylic acids is 4. The summed E-state index contributed by atoms with van der Waals surface area (Å²) < 4.78 is 29.5. The van der Waals surface area contributed by atoms with E-state index in [2.05, 4.69) is 41.4 Å². The molecule has 2 aromatic carbocycles. The fraction of sp³-hybridized carbons (Fsp3) is 0.440. The van der Waals surface area contributed by atoms with Crippen LogP contribution in [0.5, 0.6) is 0 Å². The Morgan fingerprint density at radius 1 is 0.859 bits per heavy atom. The molecule has 5 N–H and O–H groups in total. The highest BCUT2D eigenvalue weighted by Crippen LogP contribution is 2.29. The highest BCUT2D eigenvalue weighted by Gasteiger charge is 2.44. The number of hydrogen-bond acceptors (Lipinski definition) is 16. The van der Waals surface area contributed by atoms with E-state index in [0.29, 0.717) is 69.9 Å². The molecule has 6 aromatic rings. The van der Waals surface area contributed by atoms with Gasteiger partial charge in [-0.3, -0.25) is 23.6 Å². The van der Waals surface area contributed by atoms with Crippen LogP contribution < -0.4 is 21.3 Å². The first-order valence-corrected chi connectivity index (χ1v) is 24.4. The van der Waals surface area contributed by atoms with Gasteiger partial charge < -0.3 is 54.6 Å². The lowest BCUT2D eigenvalue weighted by atomic mass is 9.85. The SMILES string of the molecule is Cc1ncsc1-c1ccc(CNC(=O)[C@@H]2C[C@@H](O)CN2C(=O)[C@@H](NC(=O)CCOCCOCCOCCOCCNC(=O)c2ccc(-c3cnc(NCc4ccco4)n4cnnc34)cc2)C(C)(C)C)cc1. The lowest BCUT2D eigenvalue weighted by molar-refractivity contribution is -0.144. The summed E-state index contributed by atoms with van der Waals surface area (Å²) in [6.07, 6.45) is 4.17. The first kappa shape index (κ1) is 52.2. The van der Waals surface area contributed by atoms with Gasteiger partial charge in [-0.05, 0) is 53.3 Å². The lowest BCUT2D eigenvalue weighted by Crippen LogP contribution is -2.57. The fourth-order valence-corrected chi connectivity index (χ4v) is 8.62. The average molecular weight is 995 g/mol. The Labute approximate surface area is 415 Å². The van der Waals surface area contributed by atoms with Gasteiger partial charge in [0.15, 0.2) is 5.65 Å². The number of aryl methyl sites for hydroxylation is 1. The Morgan fingerprint density at radius 2 is 1.55 bits per heavy atom. The average Bonchev–Trinajstić information content (AvgIpc) is 4.22.